The average molecular weight is 261 g/mol. The van der Waals surface area contributed by atoms with Crippen LogP contribution in [0.2, 0.25) is 0 Å². The number of esters is 1. The average Bonchev–Trinajstić information content (AvgIpc) is 2.27. The van der Waals surface area contributed by atoms with Crippen LogP contribution in [0.25, 0.3) is 0 Å². The number of amides is 1. The monoisotopic (exact) mass is 261 g/mol. The van der Waals surface area contributed by atoms with Gasteiger partial charge in [0.25, 0.3) is 5.91 Å². The van der Waals surface area contributed by atoms with E-state index in [1.54, 1.807) is 6.92 Å². The number of carbonyl (C=O) groups is 2. The quantitative estimate of drug-likeness (QED) is 0.822. The summed E-state index contributed by atoms with van der Waals surface area (Å²) in [6.07, 6.45) is 3.05. The number of primary amides is 1. The molecular formula is C15H19NO3. The fourth-order valence-corrected chi connectivity index (χ4v) is 2.11. The standard InChI is InChI=1S/C15H19NO3/c1-15(14(16)18,10-11-6-3-2-4-7-11)19-13(17)12-8-5-9-12/h2-4,6-7,12H,5,8-10H2,1H3,(H2,16,18)/t15-/m1/s1. The topological polar surface area (TPSA) is 69.4 Å². The van der Waals surface area contributed by atoms with Crippen LogP contribution in [0.4, 0.5) is 0 Å². The van der Waals surface area contributed by atoms with E-state index in [1.807, 2.05) is 30.3 Å². The lowest BCUT2D eigenvalue weighted by atomic mass is 9.85. The second kappa shape index (κ2) is 5.43. The Morgan fingerprint density at radius 3 is 2.42 bits per heavy atom. The van der Waals surface area contributed by atoms with Crippen molar-refractivity contribution in [2.45, 2.75) is 38.2 Å². The van der Waals surface area contributed by atoms with Gasteiger partial charge in [0.05, 0.1) is 5.92 Å². The maximum Gasteiger partial charge on any atom is 0.309 e. The number of nitrogens with two attached hydrogens (primary N) is 1. The van der Waals surface area contributed by atoms with Gasteiger partial charge in [-0.2, -0.15) is 0 Å². The lowest BCUT2D eigenvalue weighted by molar-refractivity contribution is -0.171. The maximum atomic E-state index is 11.9. The zero-order chi connectivity index (χ0) is 13.9. The molecule has 102 valence electrons. The van der Waals surface area contributed by atoms with E-state index in [-0.39, 0.29) is 11.9 Å². The predicted octanol–water partition coefficient (Wildman–Crippen LogP) is 1.82. The molecule has 1 aromatic carbocycles. The van der Waals surface area contributed by atoms with Crippen molar-refractivity contribution in [2.24, 2.45) is 11.7 Å². The van der Waals surface area contributed by atoms with E-state index in [1.165, 1.54) is 0 Å². The van der Waals surface area contributed by atoms with E-state index in [4.69, 9.17) is 10.5 Å². The number of carbonyl (C=O) groups excluding carboxylic acids is 2. The number of benzene rings is 1. The van der Waals surface area contributed by atoms with Crippen LogP contribution in [-0.2, 0) is 20.7 Å². The van der Waals surface area contributed by atoms with E-state index in [0.717, 1.165) is 24.8 Å². The molecular weight excluding hydrogens is 242 g/mol. The van der Waals surface area contributed by atoms with Crippen molar-refractivity contribution in [3.8, 4) is 0 Å². The lowest BCUT2D eigenvalue weighted by Crippen LogP contribution is -2.48. The molecule has 1 amide bonds. The summed E-state index contributed by atoms with van der Waals surface area (Å²) < 4.78 is 5.39. The lowest BCUT2D eigenvalue weighted by Gasteiger charge is -2.31. The zero-order valence-electron chi connectivity index (χ0n) is 11.1. The van der Waals surface area contributed by atoms with Crippen LogP contribution in [-0.4, -0.2) is 17.5 Å². The van der Waals surface area contributed by atoms with Gasteiger partial charge < -0.3 is 10.5 Å². The second-order valence-electron chi connectivity index (χ2n) is 5.31. The van der Waals surface area contributed by atoms with Gasteiger partial charge in [-0.1, -0.05) is 36.8 Å². The van der Waals surface area contributed by atoms with Crippen molar-refractivity contribution in [1.82, 2.24) is 0 Å². The third kappa shape index (κ3) is 3.13. The Bertz CT molecular complexity index is 468. The molecule has 2 N–H and O–H groups in total. The summed E-state index contributed by atoms with van der Waals surface area (Å²) in [7, 11) is 0. The highest BCUT2D eigenvalue weighted by atomic mass is 16.6. The zero-order valence-corrected chi connectivity index (χ0v) is 11.1. The van der Waals surface area contributed by atoms with Crippen LogP contribution < -0.4 is 5.73 Å². The predicted molar refractivity (Wildman–Crippen MR) is 71.2 cm³/mol. The second-order valence-corrected chi connectivity index (χ2v) is 5.31. The van der Waals surface area contributed by atoms with E-state index in [2.05, 4.69) is 0 Å². The van der Waals surface area contributed by atoms with Gasteiger partial charge in [0.15, 0.2) is 5.60 Å². The first kappa shape index (κ1) is 13.6. The molecule has 0 aromatic heterocycles. The molecule has 1 aromatic rings. The molecule has 0 saturated heterocycles. The van der Waals surface area contributed by atoms with Crippen molar-refractivity contribution in [3.63, 3.8) is 0 Å². The smallest absolute Gasteiger partial charge is 0.309 e. The third-order valence-electron chi connectivity index (χ3n) is 3.67. The molecule has 0 radical (unpaired) electrons. The van der Waals surface area contributed by atoms with Gasteiger partial charge in [0.2, 0.25) is 0 Å². The molecule has 2 rings (SSSR count). The summed E-state index contributed by atoms with van der Waals surface area (Å²) in [6, 6.07) is 9.43. The van der Waals surface area contributed by atoms with Crippen molar-refractivity contribution in [3.05, 3.63) is 35.9 Å². The molecule has 1 atom stereocenters. The van der Waals surface area contributed by atoms with Crippen molar-refractivity contribution >= 4 is 11.9 Å². The molecule has 0 aliphatic heterocycles. The van der Waals surface area contributed by atoms with Crippen LogP contribution >= 0.6 is 0 Å². The SMILES string of the molecule is C[C@](Cc1ccccc1)(OC(=O)C1CCC1)C(N)=O. The summed E-state index contributed by atoms with van der Waals surface area (Å²) in [5, 5.41) is 0. The highest BCUT2D eigenvalue weighted by Gasteiger charge is 2.39. The molecule has 1 aliphatic rings. The fourth-order valence-electron chi connectivity index (χ4n) is 2.11. The van der Waals surface area contributed by atoms with Gasteiger partial charge >= 0.3 is 5.97 Å². The van der Waals surface area contributed by atoms with Crippen LogP contribution in [0, 0.1) is 5.92 Å². The van der Waals surface area contributed by atoms with Crippen LogP contribution in [0.3, 0.4) is 0 Å². The Morgan fingerprint density at radius 2 is 1.95 bits per heavy atom. The van der Waals surface area contributed by atoms with Gasteiger partial charge in [0.1, 0.15) is 0 Å². The Morgan fingerprint density at radius 1 is 1.32 bits per heavy atom. The number of hydrogen-bond acceptors (Lipinski definition) is 3. The van der Waals surface area contributed by atoms with Crippen molar-refractivity contribution in [1.29, 1.82) is 0 Å². The molecule has 0 heterocycles. The fraction of sp³-hybridized carbons (Fsp3) is 0.467. The van der Waals surface area contributed by atoms with E-state index in [9.17, 15) is 9.59 Å². The summed E-state index contributed by atoms with van der Waals surface area (Å²) in [6.45, 7) is 1.58. The Labute approximate surface area is 112 Å². The van der Waals surface area contributed by atoms with Gasteiger partial charge in [-0.3, -0.25) is 9.59 Å². The Kier molecular flexibility index (Phi) is 3.88. The molecule has 0 spiro atoms. The molecule has 0 unspecified atom stereocenters. The molecule has 4 heteroatoms. The molecule has 19 heavy (non-hydrogen) atoms. The molecule has 1 aliphatic carbocycles. The summed E-state index contributed by atoms with van der Waals surface area (Å²) in [4.78, 5) is 23.5. The maximum absolute atomic E-state index is 11.9. The first-order valence-electron chi connectivity index (χ1n) is 6.58. The summed E-state index contributed by atoms with van der Waals surface area (Å²) >= 11 is 0. The molecule has 1 saturated carbocycles. The largest absolute Gasteiger partial charge is 0.449 e. The Balaban J connectivity index is 2.08. The summed E-state index contributed by atoms with van der Waals surface area (Å²) in [5.41, 5.74) is 5.06. The molecule has 0 bridgehead atoms. The normalized spacial score (nSPS) is 18.2. The van der Waals surface area contributed by atoms with Crippen molar-refractivity contribution < 1.29 is 14.3 Å². The number of hydrogen-bond donors (Lipinski definition) is 1. The third-order valence-corrected chi connectivity index (χ3v) is 3.67. The highest BCUT2D eigenvalue weighted by molar-refractivity contribution is 5.87. The number of ether oxygens (including phenoxy) is 1. The van der Waals surface area contributed by atoms with Gasteiger partial charge in [-0.25, -0.2) is 0 Å². The van der Waals surface area contributed by atoms with Crippen LogP contribution in [0.15, 0.2) is 30.3 Å². The first-order valence-corrected chi connectivity index (χ1v) is 6.58. The minimum Gasteiger partial charge on any atom is -0.449 e. The molecule has 1 fully saturated rings. The van der Waals surface area contributed by atoms with Crippen LogP contribution in [0.5, 0.6) is 0 Å². The minimum atomic E-state index is -1.27. The molecule has 4 nitrogen and oxygen atoms in total. The summed E-state index contributed by atoms with van der Waals surface area (Å²) in [5.74, 6) is -0.970. The van der Waals surface area contributed by atoms with Crippen molar-refractivity contribution in [2.75, 3.05) is 0 Å². The highest BCUT2D eigenvalue weighted by Crippen LogP contribution is 2.30. The van der Waals surface area contributed by atoms with Gasteiger partial charge in [-0.05, 0) is 25.3 Å². The van der Waals surface area contributed by atoms with Gasteiger partial charge in [0, 0.05) is 6.42 Å². The van der Waals surface area contributed by atoms with E-state index in [0.29, 0.717) is 6.42 Å². The van der Waals surface area contributed by atoms with E-state index < -0.39 is 11.5 Å². The minimum absolute atomic E-state index is 0.0607. The number of rotatable bonds is 5. The first-order chi connectivity index (χ1) is 9.01. The Hall–Kier alpha value is -1.84. The van der Waals surface area contributed by atoms with Crippen LogP contribution in [0.1, 0.15) is 31.7 Å². The van der Waals surface area contributed by atoms with Gasteiger partial charge in [-0.15, -0.1) is 0 Å². The van der Waals surface area contributed by atoms with E-state index >= 15 is 0 Å².